The Bertz CT molecular complexity index is 1490. The van der Waals surface area contributed by atoms with E-state index in [1.54, 1.807) is 17.9 Å². The molecular formula is C33H34ClN3O4. The van der Waals surface area contributed by atoms with Crippen LogP contribution in [0.3, 0.4) is 0 Å². The molecule has 1 saturated heterocycles. The topological polar surface area (TPSA) is 75.9 Å². The minimum Gasteiger partial charge on any atom is -0.493 e. The highest BCUT2D eigenvalue weighted by Crippen LogP contribution is 2.38. The summed E-state index contributed by atoms with van der Waals surface area (Å²) in [5.41, 5.74) is 1.96. The summed E-state index contributed by atoms with van der Waals surface area (Å²) in [4.78, 5) is 31.2. The molecule has 3 aromatic carbocycles. The van der Waals surface area contributed by atoms with Crippen LogP contribution in [0.2, 0.25) is 5.02 Å². The van der Waals surface area contributed by atoms with Crippen LogP contribution >= 0.6 is 11.6 Å². The molecule has 5 rings (SSSR count). The molecule has 7 nitrogen and oxygen atoms in total. The molecule has 1 fully saturated rings. The molecule has 8 heteroatoms. The van der Waals surface area contributed by atoms with Gasteiger partial charge in [-0.25, -0.2) is 0 Å². The van der Waals surface area contributed by atoms with Gasteiger partial charge in [-0.3, -0.25) is 9.59 Å². The van der Waals surface area contributed by atoms with Crippen LogP contribution in [0, 0.1) is 12.3 Å². The number of amides is 2. The fraction of sp³-hybridized carbons (Fsp3) is 0.303. The summed E-state index contributed by atoms with van der Waals surface area (Å²) < 4.78 is 11.7. The molecule has 0 aliphatic carbocycles. The van der Waals surface area contributed by atoms with Crippen molar-refractivity contribution in [3.8, 4) is 17.0 Å². The van der Waals surface area contributed by atoms with Crippen molar-refractivity contribution in [3.05, 3.63) is 107 Å². The van der Waals surface area contributed by atoms with Gasteiger partial charge in [-0.05, 0) is 43.5 Å². The van der Waals surface area contributed by atoms with Crippen molar-refractivity contribution in [2.24, 2.45) is 5.41 Å². The first kappa shape index (κ1) is 28.4. The lowest BCUT2D eigenvalue weighted by Gasteiger charge is -2.43. The van der Waals surface area contributed by atoms with Gasteiger partial charge in [0.05, 0.1) is 11.6 Å². The van der Waals surface area contributed by atoms with Crippen molar-refractivity contribution in [2.45, 2.75) is 32.7 Å². The number of hydrogen-bond acceptors (Lipinski definition) is 5. The Kier molecular flexibility index (Phi) is 8.74. The third kappa shape index (κ3) is 6.63. The molecule has 0 spiro atoms. The SMILES string of the molecule is Cc1onc(-c2ccccc2Cl)c1C(=O)N1CCC[C@@](COc2ccccc2)(CC(=O)N(C)Cc2ccccc2)C1. The van der Waals surface area contributed by atoms with Gasteiger partial charge in [0.2, 0.25) is 5.91 Å². The van der Waals surface area contributed by atoms with E-state index in [0.717, 1.165) is 24.2 Å². The summed E-state index contributed by atoms with van der Waals surface area (Å²) in [5.74, 6) is 0.988. The van der Waals surface area contributed by atoms with E-state index in [9.17, 15) is 9.59 Å². The molecule has 41 heavy (non-hydrogen) atoms. The number of halogens is 1. The van der Waals surface area contributed by atoms with Gasteiger partial charge >= 0.3 is 0 Å². The first-order valence-corrected chi connectivity index (χ1v) is 14.2. The van der Waals surface area contributed by atoms with Crippen LogP contribution in [0.4, 0.5) is 0 Å². The number of ether oxygens (including phenoxy) is 1. The van der Waals surface area contributed by atoms with Crippen molar-refractivity contribution in [3.63, 3.8) is 0 Å². The predicted molar refractivity (Wildman–Crippen MR) is 159 cm³/mol. The van der Waals surface area contributed by atoms with Gasteiger partial charge in [0.1, 0.15) is 22.8 Å². The maximum Gasteiger partial charge on any atom is 0.259 e. The third-order valence-corrected chi connectivity index (χ3v) is 7.99. The number of para-hydroxylation sites is 1. The van der Waals surface area contributed by atoms with Crippen LogP contribution < -0.4 is 4.74 Å². The number of benzene rings is 3. The Labute approximate surface area is 245 Å². The number of aromatic nitrogens is 1. The van der Waals surface area contributed by atoms with Crippen LogP contribution in [-0.2, 0) is 11.3 Å². The number of likely N-dealkylation sites (tertiary alicyclic amines) is 1. The zero-order valence-electron chi connectivity index (χ0n) is 23.4. The average Bonchev–Trinajstić information content (AvgIpc) is 3.38. The Morgan fingerprint density at radius 3 is 2.44 bits per heavy atom. The van der Waals surface area contributed by atoms with E-state index in [1.807, 2.05) is 90.8 Å². The largest absolute Gasteiger partial charge is 0.493 e. The standard InChI is InChI=1S/C33H34ClN3O4/c1-24-30(31(35-41-24)27-16-9-10-17-28(27)34)32(39)37-19-11-18-33(22-37,23-40-26-14-7-4-8-15-26)20-29(38)36(2)21-25-12-5-3-6-13-25/h3-10,12-17H,11,18-23H2,1-2H3/t33-/m1/s1. The van der Waals surface area contributed by atoms with Crippen LogP contribution in [-0.4, -0.2) is 53.5 Å². The van der Waals surface area contributed by atoms with Crippen LogP contribution in [0.15, 0.2) is 89.5 Å². The summed E-state index contributed by atoms with van der Waals surface area (Å²) in [6.07, 6.45) is 1.76. The summed E-state index contributed by atoms with van der Waals surface area (Å²) in [6, 6.07) is 26.8. The van der Waals surface area contributed by atoms with E-state index in [0.29, 0.717) is 53.8 Å². The molecule has 4 aromatic rings. The van der Waals surface area contributed by atoms with Crippen LogP contribution in [0.5, 0.6) is 5.75 Å². The van der Waals surface area contributed by atoms with E-state index in [4.69, 9.17) is 20.9 Å². The minimum atomic E-state index is -0.568. The number of nitrogens with zero attached hydrogens (tertiary/aromatic N) is 3. The molecule has 212 valence electrons. The molecule has 1 aliphatic rings. The van der Waals surface area contributed by atoms with Gasteiger partial charge in [0, 0.05) is 44.1 Å². The number of carbonyl (C=O) groups excluding carboxylic acids is 2. The molecular weight excluding hydrogens is 538 g/mol. The van der Waals surface area contributed by atoms with Crippen molar-refractivity contribution in [1.29, 1.82) is 0 Å². The lowest BCUT2D eigenvalue weighted by atomic mass is 9.77. The number of hydrogen-bond donors (Lipinski definition) is 0. The normalized spacial score (nSPS) is 16.8. The smallest absolute Gasteiger partial charge is 0.259 e. The first-order chi connectivity index (χ1) is 19.8. The number of piperidine rings is 1. The Morgan fingerprint density at radius 1 is 1.02 bits per heavy atom. The van der Waals surface area contributed by atoms with Crippen molar-refractivity contribution in [2.75, 3.05) is 26.7 Å². The second kappa shape index (κ2) is 12.6. The quantitative estimate of drug-likeness (QED) is 0.225. The second-order valence-electron chi connectivity index (χ2n) is 10.8. The lowest BCUT2D eigenvalue weighted by Crippen LogP contribution is -2.50. The number of aryl methyl sites for hydroxylation is 1. The van der Waals surface area contributed by atoms with Gasteiger partial charge in [-0.2, -0.15) is 0 Å². The van der Waals surface area contributed by atoms with Gasteiger partial charge in [-0.1, -0.05) is 83.5 Å². The number of carbonyl (C=O) groups is 2. The zero-order valence-corrected chi connectivity index (χ0v) is 24.1. The Hall–Kier alpha value is -4.10. The second-order valence-corrected chi connectivity index (χ2v) is 11.2. The number of rotatable bonds is 9. The molecule has 1 aliphatic heterocycles. The van der Waals surface area contributed by atoms with Crippen LogP contribution in [0.1, 0.15) is 40.9 Å². The molecule has 2 heterocycles. The fourth-order valence-electron chi connectivity index (χ4n) is 5.47. The van der Waals surface area contributed by atoms with Gasteiger partial charge < -0.3 is 19.1 Å². The van der Waals surface area contributed by atoms with Crippen LogP contribution in [0.25, 0.3) is 11.3 Å². The molecule has 0 saturated carbocycles. The summed E-state index contributed by atoms with van der Waals surface area (Å²) in [7, 11) is 1.82. The highest BCUT2D eigenvalue weighted by Gasteiger charge is 2.42. The monoisotopic (exact) mass is 571 g/mol. The molecule has 0 bridgehead atoms. The van der Waals surface area contributed by atoms with E-state index < -0.39 is 5.41 Å². The molecule has 1 atom stereocenters. The third-order valence-electron chi connectivity index (χ3n) is 7.66. The molecule has 2 amide bonds. The zero-order chi connectivity index (χ0) is 28.8. The molecule has 0 unspecified atom stereocenters. The van der Waals surface area contributed by atoms with E-state index in [2.05, 4.69) is 5.16 Å². The highest BCUT2D eigenvalue weighted by molar-refractivity contribution is 6.33. The minimum absolute atomic E-state index is 0.0118. The summed E-state index contributed by atoms with van der Waals surface area (Å²) in [6.45, 7) is 3.49. The van der Waals surface area contributed by atoms with Gasteiger partial charge in [0.15, 0.2) is 0 Å². The van der Waals surface area contributed by atoms with E-state index >= 15 is 0 Å². The van der Waals surface area contributed by atoms with Gasteiger partial charge in [0.25, 0.3) is 5.91 Å². The molecule has 1 aromatic heterocycles. The van der Waals surface area contributed by atoms with Gasteiger partial charge in [-0.15, -0.1) is 0 Å². The van der Waals surface area contributed by atoms with E-state index in [-0.39, 0.29) is 18.2 Å². The van der Waals surface area contributed by atoms with Crippen molar-refractivity contribution in [1.82, 2.24) is 15.0 Å². The van der Waals surface area contributed by atoms with Crippen molar-refractivity contribution < 1.29 is 18.8 Å². The Balaban J connectivity index is 1.40. The summed E-state index contributed by atoms with van der Waals surface area (Å²) >= 11 is 6.45. The maximum atomic E-state index is 14.1. The lowest BCUT2D eigenvalue weighted by molar-refractivity contribution is -0.134. The average molecular weight is 572 g/mol. The van der Waals surface area contributed by atoms with E-state index in [1.165, 1.54) is 0 Å². The molecule has 0 radical (unpaired) electrons. The maximum absolute atomic E-state index is 14.1. The predicted octanol–water partition coefficient (Wildman–Crippen LogP) is 6.65. The fourth-order valence-corrected chi connectivity index (χ4v) is 5.69. The van der Waals surface area contributed by atoms with Crippen molar-refractivity contribution >= 4 is 23.4 Å². The highest BCUT2D eigenvalue weighted by atomic mass is 35.5. The first-order valence-electron chi connectivity index (χ1n) is 13.8. The summed E-state index contributed by atoms with van der Waals surface area (Å²) in [5, 5.41) is 4.69. The Morgan fingerprint density at radius 2 is 1.71 bits per heavy atom. The molecule has 0 N–H and O–H groups in total.